The summed E-state index contributed by atoms with van der Waals surface area (Å²) in [6, 6.07) is 6.15. The Bertz CT molecular complexity index is 704. The summed E-state index contributed by atoms with van der Waals surface area (Å²) in [5.41, 5.74) is 1.05. The maximum Gasteiger partial charge on any atom is 0.263 e. The van der Waals surface area contributed by atoms with Crippen LogP contribution in [0.1, 0.15) is 5.56 Å². The molecule has 2 aromatic rings. The molecule has 0 radical (unpaired) electrons. The maximum atomic E-state index is 11.6. The molecule has 1 N–H and O–H groups in total. The Morgan fingerprint density at radius 3 is 2.94 bits per heavy atom. The molecule has 0 atom stereocenters. The fraction of sp³-hybridized carbons (Fsp3) is 0. The lowest BCUT2D eigenvalue weighted by molar-refractivity contribution is -0.115. The number of thioether (sulfide) groups is 1. The highest BCUT2D eigenvalue weighted by molar-refractivity contribution is 9.10. The highest BCUT2D eigenvalue weighted by Gasteiger charge is 2.22. The summed E-state index contributed by atoms with van der Waals surface area (Å²) in [5, 5.41) is 5.82. The Hall–Kier alpha value is -0.690. The zero-order chi connectivity index (χ0) is 12.7. The lowest BCUT2D eigenvalue weighted by Gasteiger charge is -1.95. The van der Waals surface area contributed by atoms with Gasteiger partial charge in [-0.15, -0.1) is 11.3 Å². The van der Waals surface area contributed by atoms with Crippen LogP contribution in [0.5, 0.6) is 0 Å². The van der Waals surface area contributed by atoms with Crippen molar-refractivity contribution in [3.05, 3.63) is 38.5 Å². The van der Waals surface area contributed by atoms with E-state index >= 15 is 0 Å². The topological polar surface area (TPSA) is 29.1 Å². The van der Waals surface area contributed by atoms with E-state index in [1.165, 1.54) is 16.5 Å². The van der Waals surface area contributed by atoms with E-state index in [9.17, 15) is 4.79 Å². The van der Waals surface area contributed by atoms with E-state index in [2.05, 4.69) is 38.8 Å². The Morgan fingerprint density at radius 1 is 1.39 bits per heavy atom. The van der Waals surface area contributed by atoms with Crippen LogP contribution < -0.4 is 5.32 Å². The fourth-order valence-corrected chi connectivity index (χ4v) is 3.99. The van der Waals surface area contributed by atoms with Crippen molar-refractivity contribution in [2.75, 3.05) is 0 Å². The molecular formula is C12H6BrNOS3. The van der Waals surface area contributed by atoms with Crippen LogP contribution in [0.25, 0.3) is 16.2 Å². The first-order chi connectivity index (χ1) is 8.63. The quantitative estimate of drug-likeness (QED) is 0.615. The van der Waals surface area contributed by atoms with Gasteiger partial charge < -0.3 is 5.32 Å². The number of hydrogen-bond acceptors (Lipinski definition) is 4. The molecule has 0 aliphatic carbocycles. The van der Waals surface area contributed by atoms with E-state index in [0.29, 0.717) is 9.23 Å². The molecule has 0 unspecified atom stereocenters. The molecule has 0 saturated carbocycles. The number of rotatable bonds is 1. The van der Waals surface area contributed by atoms with Gasteiger partial charge in [0.05, 0.1) is 4.91 Å². The van der Waals surface area contributed by atoms with Gasteiger partial charge in [0.25, 0.3) is 5.91 Å². The summed E-state index contributed by atoms with van der Waals surface area (Å²) in [7, 11) is 0. The molecule has 1 aliphatic rings. The van der Waals surface area contributed by atoms with Crippen molar-refractivity contribution >= 4 is 77.6 Å². The number of halogens is 1. The first-order valence-corrected chi connectivity index (χ1v) is 7.95. The van der Waals surface area contributed by atoms with Crippen LogP contribution in [0.2, 0.25) is 0 Å². The highest BCUT2D eigenvalue weighted by atomic mass is 79.9. The van der Waals surface area contributed by atoms with Crippen LogP contribution in [0.15, 0.2) is 33.0 Å². The van der Waals surface area contributed by atoms with Gasteiger partial charge in [-0.3, -0.25) is 4.79 Å². The summed E-state index contributed by atoms with van der Waals surface area (Å²) in [5.74, 6) is -0.112. The van der Waals surface area contributed by atoms with Crippen molar-refractivity contribution in [3.63, 3.8) is 0 Å². The normalized spacial score (nSPS) is 17.7. The minimum Gasteiger partial charge on any atom is -0.307 e. The van der Waals surface area contributed by atoms with Gasteiger partial charge in [-0.2, -0.15) is 0 Å². The largest absolute Gasteiger partial charge is 0.307 e. The number of nitrogens with one attached hydrogen (secondary N) is 1. The van der Waals surface area contributed by atoms with Gasteiger partial charge in [0, 0.05) is 14.6 Å². The van der Waals surface area contributed by atoms with Gasteiger partial charge in [-0.25, -0.2) is 0 Å². The fourth-order valence-electron chi connectivity index (χ4n) is 1.70. The van der Waals surface area contributed by atoms with E-state index in [4.69, 9.17) is 12.2 Å². The van der Waals surface area contributed by atoms with E-state index in [0.717, 1.165) is 15.4 Å². The predicted molar refractivity (Wildman–Crippen MR) is 85.8 cm³/mol. The average Bonchev–Trinajstić information content (AvgIpc) is 2.84. The smallest absolute Gasteiger partial charge is 0.263 e. The van der Waals surface area contributed by atoms with Crippen molar-refractivity contribution in [1.29, 1.82) is 0 Å². The Kier molecular flexibility index (Phi) is 3.27. The van der Waals surface area contributed by atoms with Crippen LogP contribution >= 0.6 is 51.2 Å². The van der Waals surface area contributed by atoms with Gasteiger partial charge in [0.1, 0.15) is 4.32 Å². The Labute approximate surface area is 126 Å². The van der Waals surface area contributed by atoms with Crippen molar-refractivity contribution in [1.82, 2.24) is 5.32 Å². The molecular weight excluding hydrogens is 350 g/mol. The molecule has 6 heteroatoms. The third-order valence-corrected chi connectivity index (χ3v) is 5.13. The van der Waals surface area contributed by atoms with Crippen molar-refractivity contribution in [2.45, 2.75) is 0 Å². The van der Waals surface area contributed by atoms with Gasteiger partial charge in [0.2, 0.25) is 0 Å². The van der Waals surface area contributed by atoms with Crippen LogP contribution in [-0.4, -0.2) is 10.2 Å². The average molecular weight is 356 g/mol. The molecule has 2 nitrogen and oxygen atoms in total. The molecule has 90 valence electrons. The molecule has 1 aliphatic heterocycles. The second kappa shape index (κ2) is 4.77. The molecule has 1 amide bonds. The van der Waals surface area contributed by atoms with Crippen LogP contribution in [-0.2, 0) is 4.79 Å². The molecule has 2 heterocycles. The Morgan fingerprint density at radius 2 is 2.22 bits per heavy atom. The third kappa shape index (κ3) is 2.25. The lowest BCUT2D eigenvalue weighted by atomic mass is 10.1. The first-order valence-electron chi connectivity index (χ1n) is 5.05. The number of thiophene rings is 1. The lowest BCUT2D eigenvalue weighted by Crippen LogP contribution is -2.17. The van der Waals surface area contributed by atoms with Crippen LogP contribution in [0.4, 0.5) is 0 Å². The number of hydrogen-bond donors (Lipinski definition) is 1. The predicted octanol–water partition coefficient (Wildman–Crippen LogP) is 4.15. The van der Waals surface area contributed by atoms with Gasteiger partial charge in [-0.1, -0.05) is 39.9 Å². The zero-order valence-corrected chi connectivity index (χ0v) is 12.9. The second-order valence-corrected chi connectivity index (χ2v) is 7.23. The van der Waals surface area contributed by atoms with Crippen LogP contribution in [0, 0.1) is 0 Å². The Balaban J connectivity index is 2.10. The van der Waals surface area contributed by atoms with Crippen molar-refractivity contribution in [3.8, 4) is 0 Å². The van der Waals surface area contributed by atoms with Gasteiger partial charge >= 0.3 is 0 Å². The molecule has 3 rings (SSSR count). The monoisotopic (exact) mass is 355 g/mol. The molecule has 1 aromatic carbocycles. The number of carbonyl (C=O) groups is 1. The molecule has 0 spiro atoms. The molecule has 1 aromatic heterocycles. The van der Waals surface area contributed by atoms with E-state index in [-0.39, 0.29) is 5.91 Å². The summed E-state index contributed by atoms with van der Waals surface area (Å²) >= 11 is 11.4. The summed E-state index contributed by atoms with van der Waals surface area (Å²) in [6.07, 6.45) is 1.89. The number of carbonyl (C=O) groups excluding carboxylic acids is 1. The minimum atomic E-state index is -0.112. The summed E-state index contributed by atoms with van der Waals surface area (Å²) < 4.78 is 2.76. The molecule has 1 saturated heterocycles. The second-order valence-electron chi connectivity index (χ2n) is 3.68. The number of amides is 1. The van der Waals surface area contributed by atoms with E-state index in [1.807, 2.05) is 12.1 Å². The van der Waals surface area contributed by atoms with E-state index in [1.54, 1.807) is 11.3 Å². The van der Waals surface area contributed by atoms with Crippen LogP contribution in [0.3, 0.4) is 0 Å². The zero-order valence-electron chi connectivity index (χ0n) is 8.90. The highest BCUT2D eigenvalue weighted by Crippen LogP contribution is 2.33. The first kappa shape index (κ1) is 12.3. The molecule has 0 bridgehead atoms. The summed E-state index contributed by atoms with van der Waals surface area (Å²) in [4.78, 5) is 12.3. The van der Waals surface area contributed by atoms with Crippen molar-refractivity contribution < 1.29 is 4.79 Å². The molecule has 18 heavy (non-hydrogen) atoms. The summed E-state index contributed by atoms with van der Waals surface area (Å²) in [6.45, 7) is 0. The third-order valence-electron chi connectivity index (χ3n) is 2.49. The number of thiocarbonyl (C=S) groups is 1. The standard InChI is InChI=1S/C12H6BrNOS3/c13-7-1-2-9-8(4-7)6(5-17-9)3-10-11(15)14-12(16)18-10/h1-5H,(H,14,15,16). The number of fused-ring (bicyclic) bond motifs is 1. The SMILES string of the molecule is O=C1NC(=S)SC1=Cc1csc2ccc(Br)cc12. The molecule has 1 fully saturated rings. The van der Waals surface area contributed by atoms with Crippen molar-refractivity contribution in [2.24, 2.45) is 0 Å². The number of benzene rings is 1. The van der Waals surface area contributed by atoms with Gasteiger partial charge in [0.15, 0.2) is 0 Å². The van der Waals surface area contributed by atoms with E-state index < -0.39 is 0 Å². The minimum absolute atomic E-state index is 0.112. The maximum absolute atomic E-state index is 11.6. The van der Waals surface area contributed by atoms with Gasteiger partial charge in [-0.05, 0) is 35.2 Å².